The molecule has 3 aromatic carbocycles. The van der Waals surface area contributed by atoms with E-state index in [9.17, 15) is 19.3 Å². The van der Waals surface area contributed by atoms with Crippen LogP contribution in [0.25, 0.3) is 0 Å². The number of nitro groups is 1. The van der Waals surface area contributed by atoms with Crippen molar-refractivity contribution in [1.29, 1.82) is 0 Å². The highest BCUT2D eigenvalue weighted by molar-refractivity contribution is 6.07. The van der Waals surface area contributed by atoms with Crippen LogP contribution in [0.2, 0.25) is 0 Å². The Balaban J connectivity index is 1.40. The maximum absolute atomic E-state index is 14.1. The second kappa shape index (κ2) is 8.85. The molecule has 0 aromatic heterocycles. The first kappa shape index (κ1) is 23.4. The molecular formula is C28H26FN3O5. The van der Waals surface area contributed by atoms with Crippen molar-refractivity contribution in [3.63, 3.8) is 0 Å². The van der Waals surface area contributed by atoms with Crippen molar-refractivity contribution < 1.29 is 23.6 Å². The Morgan fingerprint density at radius 3 is 2.70 bits per heavy atom. The molecule has 190 valence electrons. The lowest BCUT2D eigenvalue weighted by atomic mass is 9.77. The zero-order chi connectivity index (χ0) is 25.7. The van der Waals surface area contributed by atoms with E-state index in [0.717, 1.165) is 12.8 Å². The summed E-state index contributed by atoms with van der Waals surface area (Å²) in [5.74, 6) is -0.435. The van der Waals surface area contributed by atoms with Crippen LogP contribution in [0.4, 0.5) is 10.1 Å². The number of hydrogen-bond acceptors (Lipinski definition) is 6. The van der Waals surface area contributed by atoms with Crippen molar-refractivity contribution in [3.05, 3.63) is 99.4 Å². The molecule has 3 aliphatic heterocycles. The average molecular weight is 504 g/mol. The van der Waals surface area contributed by atoms with Gasteiger partial charge in [-0.05, 0) is 42.7 Å². The van der Waals surface area contributed by atoms with E-state index >= 15 is 0 Å². The third-order valence-electron chi connectivity index (χ3n) is 8.01. The van der Waals surface area contributed by atoms with Gasteiger partial charge in [-0.2, -0.15) is 0 Å². The molecule has 3 aromatic rings. The highest BCUT2D eigenvalue weighted by Crippen LogP contribution is 2.58. The Hall–Kier alpha value is -3.98. The molecule has 0 radical (unpaired) electrons. The Morgan fingerprint density at radius 1 is 1.14 bits per heavy atom. The van der Waals surface area contributed by atoms with Crippen LogP contribution in [-0.4, -0.2) is 41.5 Å². The first-order valence-corrected chi connectivity index (χ1v) is 12.3. The molecule has 2 fully saturated rings. The maximum atomic E-state index is 14.1. The van der Waals surface area contributed by atoms with Crippen molar-refractivity contribution in [2.24, 2.45) is 0 Å². The molecule has 8 nitrogen and oxygen atoms in total. The van der Waals surface area contributed by atoms with E-state index in [2.05, 4.69) is 5.32 Å². The second-order valence-corrected chi connectivity index (χ2v) is 9.72. The predicted molar refractivity (Wildman–Crippen MR) is 134 cm³/mol. The van der Waals surface area contributed by atoms with Gasteiger partial charge in [-0.25, -0.2) is 4.39 Å². The van der Waals surface area contributed by atoms with Crippen LogP contribution in [0.5, 0.6) is 11.5 Å². The molecule has 6 rings (SSSR count). The van der Waals surface area contributed by atoms with Crippen LogP contribution >= 0.6 is 0 Å². The number of anilines is 1. The Kier molecular flexibility index (Phi) is 5.60. The van der Waals surface area contributed by atoms with Gasteiger partial charge in [-0.3, -0.25) is 19.8 Å². The van der Waals surface area contributed by atoms with Gasteiger partial charge >= 0.3 is 0 Å². The summed E-state index contributed by atoms with van der Waals surface area (Å²) in [4.78, 5) is 28.1. The fourth-order valence-electron chi connectivity index (χ4n) is 6.56. The molecule has 0 bridgehead atoms. The molecule has 2 saturated heterocycles. The lowest BCUT2D eigenvalue weighted by Crippen LogP contribution is -2.55. The molecule has 1 spiro atoms. The van der Waals surface area contributed by atoms with Gasteiger partial charge < -0.3 is 14.8 Å². The number of carbonyl (C=O) groups excluding carboxylic acids is 1. The number of methoxy groups -OCH3 is 1. The largest absolute Gasteiger partial charge is 0.493 e. The third kappa shape index (κ3) is 3.41. The van der Waals surface area contributed by atoms with E-state index in [1.165, 1.54) is 13.2 Å². The van der Waals surface area contributed by atoms with Crippen LogP contribution < -0.4 is 14.8 Å². The van der Waals surface area contributed by atoms with Crippen molar-refractivity contribution in [3.8, 4) is 11.5 Å². The minimum atomic E-state index is -1.38. The molecule has 9 heteroatoms. The Labute approximate surface area is 213 Å². The smallest absolute Gasteiger partial charge is 0.256 e. The first-order chi connectivity index (χ1) is 18.0. The van der Waals surface area contributed by atoms with Crippen LogP contribution in [-0.2, 0) is 16.9 Å². The quantitative estimate of drug-likeness (QED) is 0.394. The number of para-hydroxylation sites is 1. The molecule has 37 heavy (non-hydrogen) atoms. The van der Waals surface area contributed by atoms with Gasteiger partial charge in [0.25, 0.3) is 11.9 Å². The molecule has 0 saturated carbocycles. The monoisotopic (exact) mass is 503 g/mol. The fraction of sp³-hybridized carbons (Fsp3) is 0.321. The molecule has 3 heterocycles. The Bertz CT molecular complexity index is 1400. The molecule has 1 N–H and O–H groups in total. The van der Waals surface area contributed by atoms with Gasteiger partial charge in [0.2, 0.25) is 0 Å². The topological polar surface area (TPSA) is 93.9 Å². The van der Waals surface area contributed by atoms with Gasteiger partial charge in [0, 0.05) is 34.3 Å². The number of ether oxygens (including phenoxy) is 2. The Morgan fingerprint density at radius 2 is 1.92 bits per heavy atom. The van der Waals surface area contributed by atoms with E-state index in [-0.39, 0.29) is 29.3 Å². The number of fused-ring (bicyclic) bond motifs is 4. The summed E-state index contributed by atoms with van der Waals surface area (Å²) in [5.41, 5.74) is 1.03. The summed E-state index contributed by atoms with van der Waals surface area (Å²) >= 11 is 0. The van der Waals surface area contributed by atoms with Crippen LogP contribution in [0.1, 0.15) is 35.4 Å². The molecule has 3 aliphatic rings. The SMILES string of the molecule is COc1cc([C@H]2[C@H]([N+](=O)[O-])[C@@]3(C(=O)Nc4ccccc43)N3CCC[C@@H]23)ccc1OCc1ccccc1F. The predicted octanol–water partition coefficient (Wildman–Crippen LogP) is 4.47. The number of carbonyl (C=O) groups is 1. The zero-order valence-corrected chi connectivity index (χ0v) is 20.2. The molecule has 1 amide bonds. The minimum Gasteiger partial charge on any atom is -0.493 e. The molecule has 4 atom stereocenters. The van der Waals surface area contributed by atoms with E-state index in [1.807, 2.05) is 23.1 Å². The number of amides is 1. The number of hydrogen-bond donors (Lipinski definition) is 1. The zero-order valence-electron chi connectivity index (χ0n) is 20.2. The summed E-state index contributed by atoms with van der Waals surface area (Å²) in [5, 5.41) is 15.7. The number of rotatable bonds is 6. The van der Waals surface area contributed by atoms with Gasteiger partial charge in [0.05, 0.1) is 13.0 Å². The van der Waals surface area contributed by atoms with Gasteiger partial charge in [-0.1, -0.05) is 42.5 Å². The standard InChI is InChI=1S/C28H26FN3O5/c1-36-24-15-17(12-13-23(24)37-16-18-7-2-4-9-20(18)29)25-22-11-6-14-31(22)28(26(25)32(34)35)19-8-3-5-10-21(19)30-27(28)33/h2-5,7-10,12-13,15,22,25-26H,6,11,14,16H2,1H3,(H,30,33)/t22-,25+,26-,28-/m0/s1. The number of halogens is 1. The summed E-state index contributed by atoms with van der Waals surface area (Å²) < 4.78 is 25.5. The van der Waals surface area contributed by atoms with Crippen molar-refractivity contribution in [2.45, 2.75) is 43.0 Å². The lowest BCUT2D eigenvalue weighted by Gasteiger charge is -2.32. The highest BCUT2D eigenvalue weighted by atomic mass is 19.1. The van der Waals surface area contributed by atoms with Crippen molar-refractivity contribution >= 4 is 11.6 Å². The third-order valence-corrected chi connectivity index (χ3v) is 8.01. The maximum Gasteiger partial charge on any atom is 0.256 e. The fourth-order valence-corrected chi connectivity index (χ4v) is 6.56. The number of nitrogens with one attached hydrogen (secondary N) is 1. The summed E-state index contributed by atoms with van der Waals surface area (Å²) in [6, 6.07) is 17.5. The van der Waals surface area contributed by atoms with Crippen LogP contribution in [0, 0.1) is 15.9 Å². The molecular weight excluding hydrogens is 477 g/mol. The first-order valence-electron chi connectivity index (χ1n) is 12.3. The van der Waals surface area contributed by atoms with Gasteiger partial charge in [0.15, 0.2) is 17.0 Å². The van der Waals surface area contributed by atoms with E-state index in [0.29, 0.717) is 40.4 Å². The normalized spacial score (nSPS) is 26.1. The van der Waals surface area contributed by atoms with Crippen LogP contribution in [0.3, 0.4) is 0 Å². The van der Waals surface area contributed by atoms with E-state index in [1.54, 1.807) is 42.5 Å². The van der Waals surface area contributed by atoms with E-state index in [4.69, 9.17) is 9.47 Å². The lowest BCUT2D eigenvalue weighted by molar-refractivity contribution is -0.534. The van der Waals surface area contributed by atoms with Crippen molar-refractivity contribution in [1.82, 2.24) is 4.90 Å². The number of nitrogens with zero attached hydrogens (tertiary/aromatic N) is 2. The van der Waals surface area contributed by atoms with Gasteiger partial charge in [-0.15, -0.1) is 0 Å². The second-order valence-electron chi connectivity index (χ2n) is 9.72. The summed E-state index contributed by atoms with van der Waals surface area (Å²) in [6.45, 7) is 0.619. The van der Waals surface area contributed by atoms with Gasteiger partial charge in [0.1, 0.15) is 12.4 Å². The summed E-state index contributed by atoms with van der Waals surface area (Å²) in [7, 11) is 1.50. The average Bonchev–Trinajstić information content (AvgIpc) is 3.56. The summed E-state index contributed by atoms with van der Waals surface area (Å²) in [6.07, 6.45) is 1.60. The van der Waals surface area contributed by atoms with E-state index < -0.39 is 17.5 Å². The highest BCUT2D eigenvalue weighted by Gasteiger charge is 2.73. The molecule has 0 aliphatic carbocycles. The number of benzene rings is 3. The minimum absolute atomic E-state index is 0.0137. The molecule has 0 unspecified atom stereocenters. The van der Waals surface area contributed by atoms with Crippen molar-refractivity contribution in [2.75, 3.05) is 19.0 Å². The van der Waals surface area contributed by atoms with Crippen LogP contribution in [0.15, 0.2) is 66.7 Å².